The molecule has 4 bridgehead atoms. The van der Waals surface area contributed by atoms with Gasteiger partial charge in [-0.25, -0.2) is 4.98 Å². The van der Waals surface area contributed by atoms with Gasteiger partial charge in [0.25, 0.3) is 0 Å². The summed E-state index contributed by atoms with van der Waals surface area (Å²) in [5, 5.41) is 0.428. The standard InChI is InChI=1S/C39H53N2O9P/c1-5-29-21-39(29,51(45,46)49-6-2)22-34(42)33-19-30-23-41(33)38(44)32(26-12-8-7-9-13-26)20-36(43)48-24-25(3)11-10-14-28-17-31-27(18-35(28)47-4)15-16-40-37(31)50-30/h5,15-18,25-26,29-30,32-33H,1,6-14,19-24H2,2-4H3,(H,45,46)/t25-,29?,30-,32+,33+,39?/m1/s1. The summed E-state index contributed by atoms with van der Waals surface area (Å²) in [6, 6.07) is 5.01. The van der Waals surface area contributed by atoms with Crippen molar-refractivity contribution in [1.29, 1.82) is 0 Å². The number of methoxy groups -OCH3 is 1. The molecule has 0 radical (unpaired) electrons. The number of fused-ring (bicyclic) bond motifs is 3. The number of allylic oxidation sites excluding steroid dienone is 1. The molecule has 2 saturated carbocycles. The highest BCUT2D eigenvalue weighted by Gasteiger charge is 2.66. The number of pyridine rings is 1. The van der Waals surface area contributed by atoms with Crippen LogP contribution in [0.25, 0.3) is 10.8 Å². The van der Waals surface area contributed by atoms with Crippen molar-refractivity contribution in [3.8, 4) is 11.6 Å². The Kier molecular flexibility index (Phi) is 11.6. The predicted molar refractivity (Wildman–Crippen MR) is 193 cm³/mol. The fourth-order valence-electron chi connectivity index (χ4n) is 8.67. The Morgan fingerprint density at radius 1 is 1.20 bits per heavy atom. The van der Waals surface area contributed by atoms with E-state index in [9.17, 15) is 23.8 Å². The Morgan fingerprint density at radius 3 is 2.69 bits per heavy atom. The van der Waals surface area contributed by atoms with E-state index in [4.69, 9.17) is 18.7 Å². The molecule has 3 unspecified atom stereocenters. The second-order valence-corrected chi connectivity index (χ2v) is 17.3. The van der Waals surface area contributed by atoms with Crippen molar-refractivity contribution in [1.82, 2.24) is 9.88 Å². The van der Waals surface area contributed by atoms with E-state index < -0.39 is 36.8 Å². The number of rotatable bonds is 9. The van der Waals surface area contributed by atoms with Crippen molar-refractivity contribution >= 4 is 36.0 Å². The summed E-state index contributed by atoms with van der Waals surface area (Å²) in [7, 11) is -2.53. The minimum absolute atomic E-state index is 0.0128. The van der Waals surface area contributed by atoms with Gasteiger partial charge in [-0.3, -0.25) is 18.9 Å². The number of nitrogens with zero attached hydrogens (tertiary/aromatic N) is 2. The zero-order chi connectivity index (χ0) is 36.3. The predicted octanol–water partition coefficient (Wildman–Crippen LogP) is 6.82. The maximum Gasteiger partial charge on any atom is 0.335 e. The number of carbonyl (C=O) groups is 3. The van der Waals surface area contributed by atoms with Gasteiger partial charge in [-0.15, -0.1) is 6.58 Å². The van der Waals surface area contributed by atoms with Crippen molar-refractivity contribution in [2.24, 2.45) is 23.7 Å². The first-order valence-corrected chi connectivity index (χ1v) is 20.3. The van der Waals surface area contributed by atoms with E-state index >= 15 is 0 Å². The lowest BCUT2D eigenvalue weighted by molar-refractivity contribution is -0.152. The average molecular weight is 725 g/mol. The summed E-state index contributed by atoms with van der Waals surface area (Å²) in [5.74, 6) is -0.712. The molecule has 3 heterocycles. The molecule has 2 aromatic rings. The fraction of sp³-hybridized carbons (Fsp3) is 0.641. The molecule has 1 amide bonds. The highest BCUT2D eigenvalue weighted by Crippen LogP contribution is 2.73. The molecule has 6 rings (SSSR count). The maximum absolute atomic E-state index is 14.8. The van der Waals surface area contributed by atoms with Crippen LogP contribution in [-0.4, -0.2) is 76.6 Å². The van der Waals surface area contributed by atoms with Gasteiger partial charge in [-0.05, 0) is 92.4 Å². The number of hydrogen-bond acceptors (Lipinski definition) is 9. The fourth-order valence-corrected chi connectivity index (χ4v) is 10.6. The summed E-state index contributed by atoms with van der Waals surface area (Å²) in [5.41, 5.74) is 1.01. The minimum Gasteiger partial charge on any atom is -0.496 e. The van der Waals surface area contributed by atoms with Gasteiger partial charge in [0.05, 0.1) is 50.4 Å². The molecule has 1 aromatic carbocycles. The smallest absolute Gasteiger partial charge is 0.335 e. The van der Waals surface area contributed by atoms with Crippen LogP contribution in [0.4, 0.5) is 0 Å². The first-order valence-electron chi connectivity index (χ1n) is 18.7. The molecular weight excluding hydrogens is 671 g/mol. The summed E-state index contributed by atoms with van der Waals surface area (Å²) in [6.07, 6.45) is 10.0. The number of Topliss-reactive ketones (excluding diaryl/α,β-unsaturated/α-hetero) is 1. The molecule has 278 valence electrons. The monoisotopic (exact) mass is 724 g/mol. The molecule has 3 fully saturated rings. The van der Waals surface area contributed by atoms with Crippen LogP contribution in [0.3, 0.4) is 0 Å². The van der Waals surface area contributed by atoms with E-state index in [1.165, 1.54) is 0 Å². The van der Waals surface area contributed by atoms with Gasteiger partial charge in [0.2, 0.25) is 11.8 Å². The van der Waals surface area contributed by atoms with Crippen LogP contribution >= 0.6 is 7.60 Å². The van der Waals surface area contributed by atoms with Gasteiger partial charge in [0.15, 0.2) is 5.78 Å². The van der Waals surface area contributed by atoms with Crippen LogP contribution in [-0.2, 0) is 34.6 Å². The number of aromatic nitrogens is 1. The van der Waals surface area contributed by atoms with Crippen molar-refractivity contribution in [2.45, 2.75) is 108 Å². The number of ether oxygens (including phenoxy) is 3. The second kappa shape index (κ2) is 15.8. The van der Waals surface area contributed by atoms with Gasteiger partial charge >= 0.3 is 13.6 Å². The molecule has 1 aromatic heterocycles. The number of ketones is 1. The molecule has 1 N–H and O–H groups in total. The van der Waals surface area contributed by atoms with Crippen LogP contribution < -0.4 is 9.47 Å². The largest absolute Gasteiger partial charge is 0.496 e. The number of aryl methyl sites for hydroxylation is 1. The van der Waals surface area contributed by atoms with Gasteiger partial charge in [0.1, 0.15) is 11.9 Å². The maximum atomic E-state index is 14.8. The summed E-state index contributed by atoms with van der Waals surface area (Å²) < 4.78 is 37.0. The summed E-state index contributed by atoms with van der Waals surface area (Å²) >= 11 is 0. The summed E-state index contributed by atoms with van der Waals surface area (Å²) in [4.78, 5) is 59.8. The number of carbonyl (C=O) groups excluding carboxylic acids is 3. The number of cyclic esters (lactones) is 1. The second-order valence-electron chi connectivity index (χ2n) is 15.1. The molecule has 4 aliphatic rings. The number of amides is 1. The Labute approximate surface area is 301 Å². The van der Waals surface area contributed by atoms with Crippen LogP contribution in [0.5, 0.6) is 11.6 Å². The lowest BCUT2D eigenvalue weighted by Gasteiger charge is -2.34. The molecule has 51 heavy (non-hydrogen) atoms. The van der Waals surface area contributed by atoms with E-state index in [0.717, 1.165) is 73.5 Å². The molecule has 7 atom stereocenters. The quantitative estimate of drug-likeness (QED) is 0.166. The highest BCUT2D eigenvalue weighted by atomic mass is 31.2. The van der Waals surface area contributed by atoms with E-state index in [2.05, 4.69) is 18.5 Å². The highest BCUT2D eigenvalue weighted by molar-refractivity contribution is 7.55. The van der Waals surface area contributed by atoms with Crippen molar-refractivity contribution < 1.29 is 42.6 Å². The summed E-state index contributed by atoms with van der Waals surface area (Å²) in [6.45, 7) is 7.95. The Morgan fingerprint density at radius 2 is 1.98 bits per heavy atom. The molecule has 11 nitrogen and oxygen atoms in total. The van der Waals surface area contributed by atoms with Crippen LogP contribution in [0, 0.1) is 23.7 Å². The lowest BCUT2D eigenvalue weighted by atomic mass is 9.77. The van der Waals surface area contributed by atoms with Crippen LogP contribution in [0.15, 0.2) is 37.1 Å². The van der Waals surface area contributed by atoms with Gasteiger partial charge < -0.3 is 28.5 Å². The lowest BCUT2D eigenvalue weighted by Crippen LogP contribution is -2.47. The number of hydrogen-bond donors (Lipinski definition) is 1. The molecule has 1 saturated heterocycles. The van der Waals surface area contributed by atoms with Crippen molar-refractivity contribution in [3.05, 3.63) is 42.6 Å². The average Bonchev–Trinajstić information content (AvgIpc) is 3.69. The van der Waals surface area contributed by atoms with Gasteiger partial charge in [-0.2, -0.15) is 0 Å². The SMILES string of the molecule is C=CC1CC1(CC(=O)[C@@H]1C[C@@H]2CN1C(=O)[C@H](C1CCCCC1)CC(=O)OC[C@H](C)CCCc1cc3c(nccc3cc1OC)O2)P(=O)(O)OCC. The van der Waals surface area contributed by atoms with Gasteiger partial charge in [0, 0.05) is 24.4 Å². The van der Waals surface area contributed by atoms with E-state index in [1.807, 2.05) is 18.2 Å². The van der Waals surface area contributed by atoms with E-state index in [0.29, 0.717) is 12.3 Å². The third kappa shape index (κ3) is 7.91. The Balaban J connectivity index is 1.38. The minimum atomic E-state index is -4.19. The molecule has 12 heteroatoms. The zero-order valence-electron chi connectivity index (χ0n) is 30.2. The van der Waals surface area contributed by atoms with Crippen molar-refractivity contribution in [2.75, 3.05) is 26.9 Å². The number of esters is 1. The zero-order valence-corrected chi connectivity index (χ0v) is 31.1. The van der Waals surface area contributed by atoms with E-state index in [-0.39, 0.29) is 68.5 Å². The molecule has 2 aliphatic carbocycles. The topological polar surface area (TPSA) is 142 Å². The van der Waals surface area contributed by atoms with Crippen LogP contribution in [0.1, 0.15) is 90.0 Å². The van der Waals surface area contributed by atoms with Crippen molar-refractivity contribution in [3.63, 3.8) is 0 Å². The third-order valence-electron chi connectivity index (χ3n) is 11.7. The van der Waals surface area contributed by atoms with Crippen LogP contribution in [0.2, 0.25) is 0 Å². The molecular formula is C39H53N2O9P. The first-order chi connectivity index (χ1) is 24.5. The normalized spacial score (nSPS) is 30.5. The number of benzene rings is 1. The Bertz CT molecular complexity index is 1680. The van der Waals surface area contributed by atoms with E-state index in [1.54, 1.807) is 31.2 Å². The first kappa shape index (κ1) is 37.5. The molecule has 0 spiro atoms. The molecule has 2 aliphatic heterocycles. The van der Waals surface area contributed by atoms with Gasteiger partial charge in [-0.1, -0.05) is 32.3 Å². The third-order valence-corrected chi connectivity index (χ3v) is 14.1. The Hall–Kier alpha value is -3.27.